The predicted molar refractivity (Wildman–Crippen MR) is 108 cm³/mol. The van der Waals surface area contributed by atoms with Crippen LogP contribution in [0.25, 0.3) is 0 Å². The molecule has 2 unspecified atom stereocenters. The molecule has 1 amide bonds. The third kappa shape index (κ3) is 3.60. The van der Waals surface area contributed by atoms with Crippen LogP contribution in [0, 0.1) is 0 Å². The highest BCUT2D eigenvalue weighted by molar-refractivity contribution is 6.08. The molecule has 1 heterocycles. The molecule has 7 heteroatoms. The number of hydrogen-bond donors (Lipinski definition) is 0. The number of esters is 1. The van der Waals surface area contributed by atoms with Crippen molar-refractivity contribution in [3.8, 4) is 17.2 Å². The van der Waals surface area contributed by atoms with E-state index in [1.54, 1.807) is 17.0 Å². The molecule has 2 aromatic carbocycles. The van der Waals surface area contributed by atoms with Crippen LogP contribution in [0.5, 0.6) is 17.2 Å². The Morgan fingerprint density at radius 3 is 2.14 bits per heavy atom. The maximum absolute atomic E-state index is 13.5. The van der Waals surface area contributed by atoms with Gasteiger partial charge in [0.15, 0.2) is 11.5 Å². The molecule has 0 saturated carbocycles. The molecule has 1 aliphatic rings. The van der Waals surface area contributed by atoms with Crippen molar-refractivity contribution in [2.75, 3.05) is 33.3 Å². The number of methoxy groups -OCH3 is 4. The van der Waals surface area contributed by atoms with Crippen molar-refractivity contribution in [2.45, 2.75) is 25.3 Å². The van der Waals surface area contributed by atoms with Crippen molar-refractivity contribution < 1.29 is 28.5 Å². The molecular weight excluding hydrogens is 374 g/mol. The third-order valence-electron chi connectivity index (χ3n) is 5.21. The van der Waals surface area contributed by atoms with Gasteiger partial charge in [0.2, 0.25) is 5.75 Å². The van der Waals surface area contributed by atoms with E-state index in [4.69, 9.17) is 18.9 Å². The van der Waals surface area contributed by atoms with Crippen LogP contribution in [0.4, 0.5) is 5.69 Å². The van der Waals surface area contributed by atoms with E-state index in [2.05, 4.69) is 0 Å². The van der Waals surface area contributed by atoms with Crippen LogP contribution in [-0.4, -0.2) is 46.4 Å². The molecule has 154 valence electrons. The van der Waals surface area contributed by atoms with Crippen molar-refractivity contribution in [3.05, 3.63) is 47.5 Å². The lowest BCUT2D eigenvalue weighted by molar-refractivity contribution is -0.142. The fourth-order valence-corrected chi connectivity index (χ4v) is 3.83. The number of carbonyl (C=O) groups is 2. The summed E-state index contributed by atoms with van der Waals surface area (Å²) in [4.78, 5) is 27.5. The number of fused-ring (bicyclic) bond motifs is 1. The van der Waals surface area contributed by atoms with E-state index in [0.717, 1.165) is 5.56 Å². The summed E-state index contributed by atoms with van der Waals surface area (Å²) in [6.07, 6.45) is 0.472. The van der Waals surface area contributed by atoms with E-state index in [0.29, 0.717) is 34.9 Å². The van der Waals surface area contributed by atoms with Gasteiger partial charge in [-0.2, -0.15) is 0 Å². The van der Waals surface area contributed by atoms with Gasteiger partial charge >= 0.3 is 5.97 Å². The highest BCUT2D eigenvalue weighted by atomic mass is 16.5. The Bertz CT molecular complexity index is 900. The summed E-state index contributed by atoms with van der Waals surface area (Å²) < 4.78 is 21.1. The zero-order valence-corrected chi connectivity index (χ0v) is 17.2. The molecule has 2 atom stereocenters. The Morgan fingerprint density at radius 1 is 0.966 bits per heavy atom. The van der Waals surface area contributed by atoms with Gasteiger partial charge in [0, 0.05) is 17.3 Å². The van der Waals surface area contributed by atoms with Crippen LogP contribution in [0.3, 0.4) is 0 Å². The SMILES string of the molecule is COC(=O)C1CC(C)N(C(=O)c2cc(OC)c(OC)c(OC)c2)c2ccccc21. The molecule has 7 nitrogen and oxygen atoms in total. The maximum atomic E-state index is 13.5. The first-order valence-corrected chi connectivity index (χ1v) is 9.27. The smallest absolute Gasteiger partial charge is 0.313 e. The van der Waals surface area contributed by atoms with Gasteiger partial charge in [-0.1, -0.05) is 18.2 Å². The summed E-state index contributed by atoms with van der Waals surface area (Å²) in [5.41, 5.74) is 1.87. The van der Waals surface area contributed by atoms with Gasteiger partial charge in [-0.05, 0) is 37.1 Å². The zero-order chi connectivity index (χ0) is 21.1. The number of nitrogens with zero attached hydrogens (tertiary/aromatic N) is 1. The summed E-state index contributed by atoms with van der Waals surface area (Å²) in [7, 11) is 5.90. The van der Waals surface area contributed by atoms with Crippen LogP contribution in [-0.2, 0) is 9.53 Å². The standard InChI is InChI=1S/C22H25NO6/c1-13-10-16(22(25)29-5)15-8-6-7-9-17(15)23(13)21(24)14-11-18(26-2)20(28-4)19(12-14)27-3/h6-9,11-13,16H,10H2,1-5H3. The van der Waals surface area contributed by atoms with Crippen LogP contribution in [0.15, 0.2) is 36.4 Å². The Hall–Kier alpha value is -3.22. The Kier molecular flexibility index (Phi) is 5.96. The first-order chi connectivity index (χ1) is 14.0. The van der Waals surface area contributed by atoms with Gasteiger partial charge in [-0.25, -0.2) is 0 Å². The van der Waals surface area contributed by atoms with Gasteiger partial charge < -0.3 is 23.8 Å². The lowest BCUT2D eigenvalue weighted by Crippen LogP contribution is -2.44. The number of rotatable bonds is 5. The van der Waals surface area contributed by atoms with Crippen molar-refractivity contribution in [1.29, 1.82) is 0 Å². The molecule has 0 aliphatic carbocycles. The number of amides is 1. The first kappa shape index (κ1) is 20.5. The minimum absolute atomic E-state index is 0.208. The largest absolute Gasteiger partial charge is 0.493 e. The second-order valence-electron chi connectivity index (χ2n) is 6.81. The predicted octanol–water partition coefficient (Wildman–Crippen LogP) is 3.41. The number of carbonyl (C=O) groups excluding carboxylic acids is 2. The number of para-hydroxylation sites is 1. The Morgan fingerprint density at radius 2 is 1.59 bits per heavy atom. The van der Waals surface area contributed by atoms with Crippen LogP contribution in [0.2, 0.25) is 0 Å². The van der Waals surface area contributed by atoms with E-state index in [-0.39, 0.29) is 17.9 Å². The minimum atomic E-state index is -0.407. The molecular formula is C22H25NO6. The normalized spacial score (nSPS) is 17.9. The summed E-state index contributed by atoms with van der Waals surface area (Å²) in [5.74, 6) is 0.303. The molecule has 29 heavy (non-hydrogen) atoms. The fraction of sp³-hybridized carbons (Fsp3) is 0.364. The van der Waals surface area contributed by atoms with Gasteiger partial charge in [-0.3, -0.25) is 9.59 Å². The highest BCUT2D eigenvalue weighted by Crippen LogP contribution is 2.42. The van der Waals surface area contributed by atoms with Gasteiger partial charge in [0.25, 0.3) is 5.91 Å². The van der Waals surface area contributed by atoms with E-state index in [1.807, 2.05) is 31.2 Å². The van der Waals surface area contributed by atoms with Gasteiger partial charge in [0.05, 0.1) is 34.4 Å². The summed E-state index contributed by atoms with van der Waals surface area (Å²) in [5, 5.41) is 0. The molecule has 0 radical (unpaired) electrons. The molecule has 0 spiro atoms. The van der Waals surface area contributed by atoms with E-state index in [1.165, 1.54) is 28.4 Å². The number of ether oxygens (including phenoxy) is 4. The van der Waals surface area contributed by atoms with Crippen LogP contribution >= 0.6 is 0 Å². The molecule has 1 aliphatic heterocycles. The Labute approximate surface area is 170 Å². The van der Waals surface area contributed by atoms with Gasteiger partial charge in [-0.15, -0.1) is 0 Å². The van der Waals surface area contributed by atoms with Crippen molar-refractivity contribution in [2.24, 2.45) is 0 Å². The lowest BCUT2D eigenvalue weighted by Gasteiger charge is -2.38. The number of benzene rings is 2. The highest BCUT2D eigenvalue weighted by Gasteiger charge is 2.38. The quantitative estimate of drug-likeness (QED) is 0.718. The van der Waals surface area contributed by atoms with Crippen molar-refractivity contribution in [3.63, 3.8) is 0 Å². The molecule has 0 saturated heterocycles. The summed E-state index contributed by atoms with van der Waals surface area (Å²) in [6, 6.07) is 10.5. The van der Waals surface area contributed by atoms with E-state index >= 15 is 0 Å². The van der Waals surface area contributed by atoms with Crippen LogP contribution in [0.1, 0.15) is 35.2 Å². The maximum Gasteiger partial charge on any atom is 0.313 e. The van der Waals surface area contributed by atoms with Crippen molar-refractivity contribution in [1.82, 2.24) is 0 Å². The fourth-order valence-electron chi connectivity index (χ4n) is 3.83. The third-order valence-corrected chi connectivity index (χ3v) is 5.21. The molecule has 0 aromatic heterocycles. The minimum Gasteiger partial charge on any atom is -0.493 e. The second-order valence-corrected chi connectivity index (χ2v) is 6.81. The zero-order valence-electron chi connectivity index (χ0n) is 17.2. The average molecular weight is 399 g/mol. The van der Waals surface area contributed by atoms with E-state index in [9.17, 15) is 9.59 Å². The molecule has 0 bridgehead atoms. The molecule has 3 rings (SSSR count). The number of hydrogen-bond acceptors (Lipinski definition) is 6. The molecule has 0 N–H and O–H groups in total. The second kappa shape index (κ2) is 8.43. The number of anilines is 1. The molecule has 2 aromatic rings. The van der Waals surface area contributed by atoms with E-state index < -0.39 is 5.92 Å². The summed E-state index contributed by atoms with van der Waals surface area (Å²) >= 11 is 0. The first-order valence-electron chi connectivity index (χ1n) is 9.27. The Balaban J connectivity index is 2.08. The average Bonchev–Trinajstić information content (AvgIpc) is 2.76. The van der Waals surface area contributed by atoms with Crippen LogP contribution < -0.4 is 19.1 Å². The topological polar surface area (TPSA) is 74.3 Å². The monoisotopic (exact) mass is 399 g/mol. The van der Waals surface area contributed by atoms with Gasteiger partial charge in [0.1, 0.15) is 0 Å². The van der Waals surface area contributed by atoms with Crippen molar-refractivity contribution >= 4 is 17.6 Å². The lowest BCUT2D eigenvalue weighted by atomic mass is 9.85. The summed E-state index contributed by atoms with van der Waals surface area (Å²) in [6.45, 7) is 1.92. The molecule has 0 fully saturated rings.